The number of likely N-dealkylation sites (tertiary alicyclic amines) is 1. The van der Waals surface area contributed by atoms with E-state index in [1.165, 1.54) is 29.3 Å². The average Bonchev–Trinajstić information content (AvgIpc) is 3.27. The third-order valence-corrected chi connectivity index (χ3v) is 7.45. The van der Waals surface area contributed by atoms with Crippen molar-refractivity contribution in [3.05, 3.63) is 77.6 Å². The van der Waals surface area contributed by atoms with Gasteiger partial charge in [-0.1, -0.05) is 41.6 Å². The van der Waals surface area contributed by atoms with Gasteiger partial charge in [0.25, 0.3) is 5.91 Å². The lowest BCUT2D eigenvalue weighted by Gasteiger charge is -2.32. The van der Waals surface area contributed by atoms with Crippen LogP contribution in [-0.4, -0.2) is 45.1 Å². The quantitative estimate of drug-likeness (QED) is 0.468. The molecule has 0 radical (unpaired) electrons. The molecule has 2 aromatic carbocycles. The maximum absolute atomic E-state index is 12.9. The number of piperidine rings is 1. The van der Waals surface area contributed by atoms with Crippen molar-refractivity contribution in [2.45, 2.75) is 37.8 Å². The van der Waals surface area contributed by atoms with Crippen LogP contribution >= 0.6 is 11.8 Å². The number of carbonyl (C=O) groups excluding carboxylic acids is 2. The first kappa shape index (κ1) is 24.1. The van der Waals surface area contributed by atoms with Crippen molar-refractivity contribution in [3.63, 3.8) is 0 Å². The van der Waals surface area contributed by atoms with Crippen molar-refractivity contribution in [2.24, 2.45) is 13.0 Å². The van der Waals surface area contributed by atoms with E-state index >= 15 is 0 Å². The zero-order valence-corrected chi connectivity index (χ0v) is 20.7. The van der Waals surface area contributed by atoms with Crippen molar-refractivity contribution >= 4 is 29.3 Å². The summed E-state index contributed by atoms with van der Waals surface area (Å²) in [5.74, 6) is 0.927. The van der Waals surface area contributed by atoms with Gasteiger partial charge in [0.1, 0.15) is 0 Å². The highest BCUT2D eigenvalue weighted by molar-refractivity contribution is 7.99. The van der Waals surface area contributed by atoms with Gasteiger partial charge in [-0.2, -0.15) is 0 Å². The third-order valence-electron chi connectivity index (χ3n) is 6.39. The van der Waals surface area contributed by atoms with Gasteiger partial charge in [0, 0.05) is 43.8 Å². The number of benzene rings is 2. The van der Waals surface area contributed by atoms with Crippen LogP contribution in [0.1, 0.15) is 40.7 Å². The highest BCUT2D eigenvalue weighted by atomic mass is 32.2. The Labute approximate surface area is 205 Å². The summed E-state index contributed by atoms with van der Waals surface area (Å²) in [5.41, 5.74) is 4.05. The van der Waals surface area contributed by atoms with E-state index in [0.717, 1.165) is 37.5 Å². The Morgan fingerprint density at radius 2 is 1.76 bits per heavy atom. The van der Waals surface area contributed by atoms with E-state index in [1.54, 1.807) is 30.5 Å². The van der Waals surface area contributed by atoms with Crippen molar-refractivity contribution in [3.8, 4) is 0 Å². The largest absolute Gasteiger partial charge is 0.339 e. The first-order valence-electron chi connectivity index (χ1n) is 11.8. The number of nitrogens with zero attached hydrogens (tertiary/aromatic N) is 3. The molecular formula is C27H32N4O2S. The molecule has 1 aliphatic heterocycles. The monoisotopic (exact) mass is 476 g/mol. The van der Waals surface area contributed by atoms with E-state index in [4.69, 9.17) is 0 Å². The third kappa shape index (κ3) is 6.50. The van der Waals surface area contributed by atoms with E-state index < -0.39 is 0 Å². The predicted molar refractivity (Wildman–Crippen MR) is 137 cm³/mol. The molecule has 1 aromatic heterocycles. The first-order chi connectivity index (χ1) is 16.5. The number of hydrogen-bond donors (Lipinski definition) is 1. The molecular weight excluding hydrogens is 444 g/mol. The lowest BCUT2D eigenvalue weighted by Crippen LogP contribution is -2.38. The van der Waals surface area contributed by atoms with Gasteiger partial charge in [-0.3, -0.25) is 9.59 Å². The Morgan fingerprint density at radius 3 is 2.41 bits per heavy atom. The van der Waals surface area contributed by atoms with Crippen molar-refractivity contribution in [1.82, 2.24) is 14.5 Å². The molecule has 1 aliphatic rings. The van der Waals surface area contributed by atoms with Crippen LogP contribution < -0.4 is 5.32 Å². The summed E-state index contributed by atoms with van der Waals surface area (Å²) in [4.78, 5) is 31.3. The second-order valence-electron chi connectivity index (χ2n) is 8.99. The van der Waals surface area contributed by atoms with E-state index in [-0.39, 0.29) is 17.6 Å². The molecule has 0 spiro atoms. The molecule has 0 bridgehead atoms. The van der Waals surface area contributed by atoms with E-state index in [1.807, 2.05) is 22.7 Å². The molecule has 1 saturated heterocycles. The minimum atomic E-state index is -0.0974. The number of amides is 2. The summed E-state index contributed by atoms with van der Waals surface area (Å²) in [7, 11) is 1.90. The number of rotatable bonds is 8. The normalized spacial score (nSPS) is 14.2. The summed E-state index contributed by atoms with van der Waals surface area (Å²) in [6, 6.07) is 16.0. The fourth-order valence-electron chi connectivity index (χ4n) is 4.25. The highest BCUT2D eigenvalue weighted by Crippen LogP contribution is 2.24. The Morgan fingerprint density at radius 1 is 1.06 bits per heavy atom. The van der Waals surface area contributed by atoms with Crippen LogP contribution in [0.25, 0.3) is 0 Å². The molecule has 0 unspecified atom stereocenters. The molecule has 2 heterocycles. The Kier molecular flexibility index (Phi) is 8.06. The number of carbonyl (C=O) groups is 2. The predicted octanol–water partition coefficient (Wildman–Crippen LogP) is 4.94. The average molecular weight is 477 g/mol. The zero-order chi connectivity index (χ0) is 23.9. The molecule has 0 aliphatic carbocycles. The number of aromatic nitrogens is 2. The molecule has 1 N–H and O–H groups in total. The van der Waals surface area contributed by atoms with E-state index in [0.29, 0.717) is 17.2 Å². The first-order valence-corrected chi connectivity index (χ1v) is 12.8. The van der Waals surface area contributed by atoms with E-state index in [2.05, 4.69) is 41.5 Å². The van der Waals surface area contributed by atoms with Gasteiger partial charge in [-0.15, -0.1) is 0 Å². The van der Waals surface area contributed by atoms with Crippen LogP contribution in [0.2, 0.25) is 0 Å². The lowest BCUT2D eigenvalue weighted by atomic mass is 9.90. The van der Waals surface area contributed by atoms with Gasteiger partial charge in [-0.25, -0.2) is 4.98 Å². The molecule has 6 nitrogen and oxygen atoms in total. The number of anilines is 1. The lowest BCUT2D eigenvalue weighted by molar-refractivity contribution is -0.113. The fourth-order valence-corrected chi connectivity index (χ4v) is 4.98. The summed E-state index contributed by atoms with van der Waals surface area (Å²) in [6.07, 6.45) is 7.96. The van der Waals surface area contributed by atoms with Crippen molar-refractivity contribution < 1.29 is 9.59 Å². The topological polar surface area (TPSA) is 67.2 Å². The van der Waals surface area contributed by atoms with Gasteiger partial charge >= 0.3 is 0 Å². The summed E-state index contributed by atoms with van der Waals surface area (Å²) >= 11 is 1.39. The Balaban J connectivity index is 1.21. The molecule has 1 fully saturated rings. The van der Waals surface area contributed by atoms with Gasteiger partial charge in [0.15, 0.2) is 5.16 Å². The van der Waals surface area contributed by atoms with Gasteiger partial charge in [-0.05, 0) is 68.4 Å². The van der Waals surface area contributed by atoms with Crippen molar-refractivity contribution in [1.29, 1.82) is 0 Å². The Bertz CT molecular complexity index is 1100. The standard InChI is InChI=1S/C27H32N4O2S/c1-20-3-5-21(6-4-20)7-8-22-13-16-31(17-14-22)26(33)23-9-11-24(12-10-23)29-25(32)19-34-27-28-15-18-30(27)2/h3-6,9-12,15,18,22H,7-8,13-14,16-17,19H2,1-2H3,(H,29,32). The van der Waals surface area contributed by atoms with Crippen LogP contribution in [0.5, 0.6) is 0 Å². The molecule has 4 rings (SSSR count). The summed E-state index contributed by atoms with van der Waals surface area (Å²) in [5, 5.41) is 3.69. The fraction of sp³-hybridized carbons (Fsp3) is 0.370. The zero-order valence-electron chi connectivity index (χ0n) is 19.9. The molecule has 0 saturated carbocycles. The number of imidazole rings is 1. The summed E-state index contributed by atoms with van der Waals surface area (Å²) in [6.45, 7) is 3.73. The molecule has 0 atom stereocenters. The molecule has 34 heavy (non-hydrogen) atoms. The number of thioether (sulfide) groups is 1. The molecule has 3 aromatic rings. The van der Waals surface area contributed by atoms with Crippen LogP contribution in [0, 0.1) is 12.8 Å². The maximum atomic E-state index is 12.9. The summed E-state index contributed by atoms with van der Waals surface area (Å²) < 4.78 is 1.88. The molecule has 178 valence electrons. The van der Waals surface area contributed by atoms with Crippen LogP contribution in [0.15, 0.2) is 66.1 Å². The van der Waals surface area contributed by atoms with Gasteiger partial charge in [0.05, 0.1) is 5.75 Å². The Hall–Kier alpha value is -3.06. The maximum Gasteiger partial charge on any atom is 0.253 e. The second kappa shape index (κ2) is 11.4. The van der Waals surface area contributed by atoms with Crippen LogP contribution in [0.4, 0.5) is 5.69 Å². The van der Waals surface area contributed by atoms with E-state index in [9.17, 15) is 9.59 Å². The number of nitrogens with one attached hydrogen (secondary N) is 1. The SMILES string of the molecule is Cc1ccc(CCC2CCN(C(=O)c3ccc(NC(=O)CSc4nccn4C)cc3)CC2)cc1. The van der Waals surface area contributed by atoms with Gasteiger partial charge in [0.2, 0.25) is 5.91 Å². The minimum absolute atomic E-state index is 0.0696. The van der Waals surface area contributed by atoms with Crippen LogP contribution in [-0.2, 0) is 18.3 Å². The highest BCUT2D eigenvalue weighted by Gasteiger charge is 2.23. The molecule has 2 amide bonds. The van der Waals surface area contributed by atoms with Crippen LogP contribution in [0.3, 0.4) is 0 Å². The second-order valence-corrected chi connectivity index (χ2v) is 9.94. The molecule has 7 heteroatoms. The minimum Gasteiger partial charge on any atom is -0.339 e. The van der Waals surface area contributed by atoms with Gasteiger partial charge < -0.3 is 14.8 Å². The number of hydrogen-bond acceptors (Lipinski definition) is 4. The smallest absolute Gasteiger partial charge is 0.253 e. The van der Waals surface area contributed by atoms with Crippen molar-refractivity contribution in [2.75, 3.05) is 24.2 Å². The number of aryl methyl sites for hydroxylation is 3.